The molecule has 0 fully saturated rings. The van der Waals surface area contributed by atoms with Gasteiger partial charge in [-0.1, -0.05) is 0 Å². The molecule has 0 radical (unpaired) electrons. The Kier molecular flexibility index (Phi) is 4.34. The Morgan fingerprint density at radius 3 is 2.63 bits per heavy atom. The van der Waals surface area contributed by atoms with Crippen LogP contribution in [0.25, 0.3) is 0 Å². The predicted octanol–water partition coefficient (Wildman–Crippen LogP) is 1.05. The number of methoxy groups -OCH3 is 1. The fourth-order valence-electron chi connectivity index (χ4n) is 1.25. The van der Waals surface area contributed by atoms with Crippen LogP contribution < -0.4 is 9.46 Å². The van der Waals surface area contributed by atoms with Gasteiger partial charge in [0.15, 0.2) is 5.25 Å². The molecule has 8 heteroatoms. The summed E-state index contributed by atoms with van der Waals surface area (Å²) in [5.74, 6) is -1.16. The summed E-state index contributed by atoms with van der Waals surface area (Å²) in [6.07, 6.45) is 0. The van der Waals surface area contributed by atoms with E-state index in [-0.39, 0.29) is 17.0 Å². The Labute approximate surface area is 110 Å². The summed E-state index contributed by atoms with van der Waals surface area (Å²) < 4.78 is 30.4. The van der Waals surface area contributed by atoms with Crippen LogP contribution in [0.1, 0.15) is 17.3 Å². The number of hydrogen-bond donors (Lipinski definition) is 2. The zero-order valence-corrected chi connectivity index (χ0v) is 11.1. The third-order valence-corrected chi connectivity index (χ3v) is 3.90. The number of rotatable bonds is 5. The maximum absolute atomic E-state index is 11.7. The van der Waals surface area contributed by atoms with Crippen LogP contribution >= 0.6 is 0 Å². The molecule has 0 aliphatic heterocycles. The number of nitrogens with one attached hydrogen (secondary N) is 1. The first-order valence-electron chi connectivity index (χ1n) is 5.14. The predicted molar refractivity (Wildman–Crippen MR) is 67.6 cm³/mol. The van der Waals surface area contributed by atoms with Gasteiger partial charge in [-0.05, 0) is 19.1 Å². The number of carbonyl (C=O) groups is 1. The third kappa shape index (κ3) is 3.35. The third-order valence-electron chi connectivity index (χ3n) is 2.34. The molecule has 1 aromatic rings. The molecule has 0 aromatic heterocycles. The number of carboxylic acids is 1. The number of anilines is 1. The Balaban J connectivity index is 3.12. The van der Waals surface area contributed by atoms with Crippen LogP contribution in [0, 0.1) is 11.3 Å². The fourth-order valence-corrected chi connectivity index (χ4v) is 2.02. The lowest BCUT2D eigenvalue weighted by Crippen LogP contribution is -2.23. The van der Waals surface area contributed by atoms with Crippen molar-refractivity contribution in [2.24, 2.45) is 0 Å². The van der Waals surface area contributed by atoms with Gasteiger partial charge in [0.05, 0.1) is 18.9 Å². The molecule has 0 amide bonds. The molecule has 7 nitrogen and oxygen atoms in total. The largest absolute Gasteiger partial charge is 0.496 e. The Bertz CT molecular complexity index is 633. The smallest absolute Gasteiger partial charge is 0.339 e. The average Bonchev–Trinajstić information content (AvgIpc) is 2.36. The van der Waals surface area contributed by atoms with Crippen molar-refractivity contribution in [2.45, 2.75) is 12.2 Å². The number of nitrogens with zero attached hydrogens (tertiary/aromatic N) is 1. The lowest BCUT2D eigenvalue weighted by molar-refractivity contribution is 0.0693. The summed E-state index contributed by atoms with van der Waals surface area (Å²) in [5, 5.41) is 16.3. The molecule has 0 heterocycles. The summed E-state index contributed by atoms with van der Waals surface area (Å²) in [6, 6.07) is 5.35. The van der Waals surface area contributed by atoms with Gasteiger partial charge in [0.1, 0.15) is 11.3 Å². The second-order valence-electron chi connectivity index (χ2n) is 3.64. The molecular formula is C11H12N2O5S. The van der Waals surface area contributed by atoms with Crippen LogP contribution in [-0.4, -0.2) is 31.9 Å². The number of carboxylic acid groups (broad SMARTS) is 1. The van der Waals surface area contributed by atoms with E-state index < -0.39 is 21.2 Å². The highest BCUT2D eigenvalue weighted by Crippen LogP contribution is 2.24. The van der Waals surface area contributed by atoms with Crippen molar-refractivity contribution >= 4 is 21.7 Å². The van der Waals surface area contributed by atoms with Gasteiger partial charge in [0.25, 0.3) is 0 Å². The van der Waals surface area contributed by atoms with Crippen molar-refractivity contribution in [3.63, 3.8) is 0 Å². The lowest BCUT2D eigenvalue weighted by Gasteiger charge is -2.11. The minimum absolute atomic E-state index is 0.0253. The lowest BCUT2D eigenvalue weighted by atomic mass is 10.2. The molecule has 0 spiro atoms. The fraction of sp³-hybridized carbons (Fsp3) is 0.273. The number of ether oxygens (including phenoxy) is 1. The average molecular weight is 284 g/mol. The minimum atomic E-state index is -3.84. The number of sulfonamides is 1. The van der Waals surface area contributed by atoms with E-state index in [9.17, 15) is 13.2 Å². The highest BCUT2D eigenvalue weighted by Gasteiger charge is 2.21. The number of benzene rings is 1. The molecule has 102 valence electrons. The Morgan fingerprint density at radius 2 is 2.16 bits per heavy atom. The standard InChI is InChI=1S/C11H12N2O5S/c1-7(6-12)19(16,17)13-8-3-4-9(11(14)15)10(5-8)18-2/h3-5,7,13H,1-2H3,(H,14,15). The van der Waals surface area contributed by atoms with Crippen molar-refractivity contribution in [2.75, 3.05) is 11.8 Å². The molecule has 1 rings (SSSR count). The van der Waals surface area contributed by atoms with E-state index in [1.807, 2.05) is 0 Å². The Morgan fingerprint density at radius 1 is 1.53 bits per heavy atom. The summed E-state index contributed by atoms with van der Waals surface area (Å²) in [5.41, 5.74) is 0.0442. The van der Waals surface area contributed by atoms with E-state index in [4.69, 9.17) is 15.1 Å². The first kappa shape index (κ1) is 14.8. The monoisotopic (exact) mass is 284 g/mol. The van der Waals surface area contributed by atoms with E-state index in [1.54, 1.807) is 6.07 Å². The molecular weight excluding hydrogens is 272 g/mol. The van der Waals surface area contributed by atoms with Crippen molar-refractivity contribution in [1.29, 1.82) is 5.26 Å². The minimum Gasteiger partial charge on any atom is -0.496 e. The molecule has 19 heavy (non-hydrogen) atoms. The number of nitriles is 1. The molecule has 0 bridgehead atoms. The van der Waals surface area contributed by atoms with E-state index in [1.165, 1.54) is 32.2 Å². The molecule has 0 saturated carbocycles. The quantitative estimate of drug-likeness (QED) is 0.834. The molecule has 2 N–H and O–H groups in total. The van der Waals surface area contributed by atoms with Crippen LogP contribution in [0.2, 0.25) is 0 Å². The topological polar surface area (TPSA) is 116 Å². The van der Waals surface area contributed by atoms with Crippen LogP contribution in [0.5, 0.6) is 5.75 Å². The van der Waals surface area contributed by atoms with Gasteiger partial charge in [-0.2, -0.15) is 5.26 Å². The molecule has 0 aliphatic carbocycles. The van der Waals surface area contributed by atoms with Crippen LogP contribution in [0.15, 0.2) is 18.2 Å². The zero-order valence-electron chi connectivity index (χ0n) is 10.2. The van der Waals surface area contributed by atoms with E-state index in [2.05, 4.69) is 4.72 Å². The van der Waals surface area contributed by atoms with Gasteiger partial charge in [-0.15, -0.1) is 0 Å². The summed E-state index contributed by atoms with van der Waals surface area (Å²) >= 11 is 0. The summed E-state index contributed by atoms with van der Waals surface area (Å²) in [6.45, 7) is 1.24. The zero-order chi connectivity index (χ0) is 14.6. The SMILES string of the molecule is COc1cc(NS(=O)(=O)C(C)C#N)ccc1C(=O)O. The van der Waals surface area contributed by atoms with Gasteiger partial charge < -0.3 is 9.84 Å². The molecule has 1 atom stereocenters. The van der Waals surface area contributed by atoms with Crippen molar-refractivity contribution in [1.82, 2.24) is 0 Å². The van der Waals surface area contributed by atoms with Gasteiger partial charge in [-0.25, -0.2) is 13.2 Å². The highest BCUT2D eigenvalue weighted by atomic mass is 32.2. The van der Waals surface area contributed by atoms with Crippen molar-refractivity contribution < 1.29 is 23.1 Å². The van der Waals surface area contributed by atoms with Crippen LogP contribution in [0.3, 0.4) is 0 Å². The van der Waals surface area contributed by atoms with Gasteiger partial charge >= 0.3 is 5.97 Å². The van der Waals surface area contributed by atoms with Crippen molar-refractivity contribution in [3.05, 3.63) is 23.8 Å². The van der Waals surface area contributed by atoms with Gasteiger partial charge in [0.2, 0.25) is 10.0 Å². The first-order chi connectivity index (χ1) is 8.81. The van der Waals surface area contributed by atoms with E-state index in [0.29, 0.717) is 0 Å². The summed E-state index contributed by atoms with van der Waals surface area (Å²) in [7, 11) is -2.56. The molecule has 1 unspecified atom stereocenters. The second kappa shape index (κ2) is 5.58. The van der Waals surface area contributed by atoms with E-state index in [0.717, 1.165) is 0 Å². The first-order valence-corrected chi connectivity index (χ1v) is 6.69. The Hall–Kier alpha value is -2.27. The second-order valence-corrected chi connectivity index (χ2v) is 5.64. The maximum atomic E-state index is 11.7. The van der Waals surface area contributed by atoms with Crippen molar-refractivity contribution in [3.8, 4) is 11.8 Å². The maximum Gasteiger partial charge on any atom is 0.339 e. The van der Waals surface area contributed by atoms with Gasteiger partial charge in [0, 0.05) is 6.07 Å². The molecule has 0 aliphatic rings. The summed E-state index contributed by atoms with van der Waals surface area (Å²) in [4.78, 5) is 10.9. The number of hydrogen-bond acceptors (Lipinski definition) is 5. The number of aromatic carboxylic acids is 1. The molecule has 1 aromatic carbocycles. The van der Waals surface area contributed by atoms with Crippen LogP contribution in [0.4, 0.5) is 5.69 Å². The highest BCUT2D eigenvalue weighted by molar-refractivity contribution is 7.93. The van der Waals surface area contributed by atoms with Crippen LogP contribution in [-0.2, 0) is 10.0 Å². The normalized spacial score (nSPS) is 12.3. The van der Waals surface area contributed by atoms with E-state index >= 15 is 0 Å². The molecule has 0 saturated heterocycles. The van der Waals surface area contributed by atoms with Gasteiger partial charge in [-0.3, -0.25) is 4.72 Å².